The Morgan fingerprint density at radius 1 is 1.04 bits per heavy atom. The van der Waals surface area contributed by atoms with Crippen molar-refractivity contribution in [3.63, 3.8) is 0 Å². The molecule has 0 aliphatic heterocycles. The molecular formula is C19H25N5S. The lowest BCUT2D eigenvalue weighted by Gasteiger charge is -2.18. The van der Waals surface area contributed by atoms with Gasteiger partial charge in [-0.2, -0.15) is 0 Å². The van der Waals surface area contributed by atoms with Gasteiger partial charge in [-0.25, -0.2) is 4.31 Å². The van der Waals surface area contributed by atoms with Gasteiger partial charge in [0.25, 0.3) is 0 Å². The van der Waals surface area contributed by atoms with E-state index in [2.05, 4.69) is 77.1 Å². The number of pyridine rings is 1. The van der Waals surface area contributed by atoms with Crippen molar-refractivity contribution in [2.75, 3.05) is 18.4 Å². The quantitative estimate of drug-likeness (QED) is 0.596. The summed E-state index contributed by atoms with van der Waals surface area (Å²) >= 11 is 1.77. The van der Waals surface area contributed by atoms with Crippen LogP contribution in [0.4, 0.5) is 5.95 Å². The fraction of sp³-hybridized carbons (Fsp3) is 0.368. The Balaban J connectivity index is 1.86. The average molecular weight is 356 g/mol. The van der Waals surface area contributed by atoms with Gasteiger partial charge < -0.3 is 5.32 Å². The van der Waals surface area contributed by atoms with Crippen molar-refractivity contribution >= 4 is 23.5 Å². The van der Waals surface area contributed by atoms with E-state index >= 15 is 0 Å². The molecule has 0 amide bonds. The van der Waals surface area contributed by atoms with E-state index < -0.39 is 0 Å². The van der Waals surface area contributed by atoms with Crippen molar-refractivity contribution in [1.82, 2.24) is 18.9 Å². The highest BCUT2D eigenvalue weighted by atomic mass is 32.2. The van der Waals surface area contributed by atoms with Crippen molar-refractivity contribution in [1.29, 1.82) is 0 Å². The van der Waals surface area contributed by atoms with Crippen molar-refractivity contribution in [3.05, 3.63) is 54.2 Å². The summed E-state index contributed by atoms with van der Waals surface area (Å²) in [7, 11) is 0. The highest BCUT2D eigenvalue weighted by Gasteiger charge is 2.13. The Kier molecular flexibility index (Phi) is 5.94. The molecule has 1 aromatic carbocycles. The summed E-state index contributed by atoms with van der Waals surface area (Å²) in [5, 5.41) is 12.2. The predicted octanol–water partition coefficient (Wildman–Crippen LogP) is 4.64. The van der Waals surface area contributed by atoms with E-state index in [0.29, 0.717) is 0 Å². The molecular weight excluding hydrogens is 330 g/mol. The number of hydrogen-bond donors (Lipinski definition) is 1. The normalized spacial score (nSPS) is 12.6. The third kappa shape index (κ3) is 4.14. The fourth-order valence-corrected chi connectivity index (χ4v) is 3.63. The predicted molar refractivity (Wildman–Crippen MR) is 105 cm³/mol. The molecule has 0 saturated carbocycles. The molecule has 3 aromatic rings. The molecule has 132 valence electrons. The van der Waals surface area contributed by atoms with Gasteiger partial charge in [0.2, 0.25) is 5.95 Å². The number of hydrogen-bond acceptors (Lipinski definition) is 5. The average Bonchev–Trinajstić information content (AvgIpc) is 3.07. The van der Waals surface area contributed by atoms with Crippen molar-refractivity contribution in [3.8, 4) is 0 Å². The number of nitrogens with zero attached hydrogens (tertiary/aromatic N) is 4. The lowest BCUT2D eigenvalue weighted by atomic mass is 10.1. The summed E-state index contributed by atoms with van der Waals surface area (Å²) in [5.41, 5.74) is 2.12. The molecule has 2 aromatic heterocycles. The number of rotatable bonds is 8. The molecule has 0 aliphatic carbocycles. The number of nitrogens with one attached hydrogen (secondary N) is 1. The molecule has 1 unspecified atom stereocenters. The SMILES string of the molecule is CCC(Nc1nnc2ccc(SN(CC)CC)cn12)c1ccccc1. The molecule has 2 heterocycles. The molecule has 5 nitrogen and oxygen atoms in total. The van der Waals surface area contributed by atoms with Crippen LogP contribution in [0.2, 0.25) is 0 Å². The molecule has 0 radical (unpaired) electrons. The molecule has 0 spiro atoms. The number of aromatic nitrogens is 3. The molecule has 0 saturated heterocycles. The topological polar surface area (TPSA) is 45.5 Å². The number of anilines is 1. The molecule has 6 heteroatoms. The Labute approximate surface area is 153 Å². The Morgan fingerprint density at radius 2 is 1.80 bits per heavy atom. The molecule has 1 N–H and O–H groups in total. The second-order valence-corrected chi connectivity index (χ2v) is 7.01. The van der Waals surface area contributed by atoms with E-state index in [0.717, 1.165) is 31.1 Å². The monoisotopic (exact) mass is 355 g/mol. The zero-order valence-corrected chi connectivity index (χ0v) is 15.8. The molecule has 3 rings (SSSR count). The first kappa shape index (κ1) is 17.8. The highest BCUT2D eigenvalue weighted by molar-refractivity contribution is 7.97. The summed E-state index contributed by atoms with van der Waals surface area (Å²) in [4.78, 5) is 1.19. The van der Waals surface area contributed by atoms with E-state index in [4.69, 9.17) is 0 Å². The van der Waals surface area contributed by atoms with Crippen LogP contribution < -0.4 is 5.32 Å². The zero-order chi connectivity index (χ0) is 17.6. The van der Waals surface area contributed by atoms with Crippen LogP contribution in [0.15, 0.2) is 53.6 Å². The fourth-order valence-electron chi connectivity index (χ4n) is 2.79. The van der Waals surface area contributed by atoms with Gasteiger partial charge in [0.05, 0.1) is 6.04 Å². The summed E-state index contributed by atoms with van der Waals surface area (Å²) in [6.07, 6.45) is 3.09. The van der Waals surface area contributed by atoms with Gasteiger partial charge in [-0.05, 0) is 36.1 Å². The lowest BCUT2D eigenvalue weighted by Crippen LogP contribution is -2.14. The van der Waals surface area contributed by atoms with Crippen LogP contribution in [-0.4, -0.2) is 32.0 Å². The van der Waals surface area contributed by atoms with Crippen LogP contribution in [0.5, 0.6) is 0 Å². The zero-order valence-electron chi connectivity index (χ0n) is 15.0. The molecule has 0 bridgehead atoms. The minimum Gasteiger partial charge on any atom is -0.347 e. The minimum absolute atomic E-state index is 0.215. The summed E-state index contributed by atoms with van der Waals surface area (Å²) in [6, 6.07) is 14.8. The van der Waals surface area contributed by atoms with Crippen LogP contribution in [0.1, 0.15) is 38.8 Å². The van der Waals surface area contributed by atoms with Crippen LogP contribution in [0.3, 0.4) is 0 Å². The third-order valence-corrected chi connectivity index (χ3v) is 5.46. The van der Waals surface area contributed by atoms with Crippen LogP contribution >= 0.6 is 11.9 Å². The molecule has 0 fully saturated rings. The maximum Gasteiger partial charge on any atom is 0.229 e. The van der Waals surface area contributed by atoms with Gasteiger partial charge in [-0.15, -0.1) is 10.2 Å². The van der Waals surface area contributed by atoms with Gasteiger partial charge >= 0.3 is 0 Å². The molecule has 25 heavy (non-hydrogen) atoms. The van der Waals surface area contributed by atoms with Crippen LogP contribution in [-0.2, 0) is 0 Å². The minimum atomic E-state index is 0.215. The summed E-state index contributed by atoms with van der Waals surface area (Å²) in [5.74, 6) is 0.785. The van der Waals surface area contributed by atoms with Crippen molar-refractivity contribution < 1.29 is 0 Å². The number of benzene rings is 1. The lowest BCUT2D eigenvalue weighted by molar-refractivity contribution is 0.525. The summed E-state index contributed by atoms with van der Waals surface area (Å²) in [6.45, 7) is 8.55. The van der Waals surface area contributed by atoms with Gasteiger partial charge in [0.1, 0.15) is 0 Å². The van der Waals surface area contributed by atoms with Crippen molar-refractivity contribution in [2.24, 2.45) is 0 Å². The van der Waals surface area contributed by atoms with E-state index in [1.165, 1.54) is 10.5 Å². The first-order valence-electron chi connectivity index (χ1n) is 8.84. The smallest absolute Gasteiger partial charge is 0.229 e. The van der Waals surface area contributed by atoms with Crippen LogP contribution in [0, 0.1) is 0 Å². The second kappa shape index (κ2) is 8.36. The van der Waals surface area contributed by atoms with Crippen LogP contribution in [0.25, 0.3) is 5.65 Å². The van der Waals surface area contributed by atoms with Gasteiger partial charge in [0.15, 0.2) is 5.65 Å². The van der Waals surface area contributed by atoms with Gasteiger partial charge in [0, 0.05) is 24.2 Å². The first-order chi connectivity index (χ1) is 12.2. The second-order valence-electron chi connectivity index (χ2n) is 5.84. The third-order valence-electron chi connectivity index (χ3n) is 4.23. The van der Waals surface area contributed by atoms with E-state index in [1.54, 1.807) is 11.9 Å². The van der Waals surface area contributed by atoms with E-state index in [1.807, 2.05) is 16.5 Å². The van der Waals surface area contributed by atoms with E-state index in [9.17, 15) is 0 Å². The Morgan fingerprint density at radius 3 is 2.48 bits per heavy atom. The van der Waals surface area contributed by atoms with Gasteiger partial charge in [-0.1, -0.05) is 51.1 Å². The maximum atomic E-state index is 4.35. The standard InChI is InChI=1S/C19H25N5S/c1-4-17(15-10-8-7-9-11-15)20-19-22-21-18-13-12-16(14-24(18)19)25-23(5-2)6-3/h7-14,17H,4-6H2,1-3H3,(H,20,22). The Hall–Kier alpha value is -2.05. The van der Waals surface area contributed by atoms with E-state index in [-0.39, 0.29) is 6.04 Å². The number of fused-ring (bicyclic) bond motifs is 1. The van der Waals surface area contributed by atoms with Gasteiger partial charge in [-0.3, -0.25) is 4.40 Å². The highest BCUT2D eigenvalue weighted by Crippen LogP contribution is 2.25. The maximum absolute atomic E-state index is 4.35. The summed E-state index contributed by atoms with van der Waals surface area (Å²) < 4.78 is 4.36. The van der Waals surface area contributed by atoms with Crippen molar-refractivity contribution in [2.45, 2.75) is 38.1 Å². The first-order valence-corrected chi connectivity index (χ1v) is 9.61. The largest absolute Gasteiger partial charge is 0.347 e. The molecule has 0 aliphatic rings. The Bertz CT molecular complexity index is 798. The molecule has 1 atom stereocenters.